The molecule has 0 saturated heterocycles. The summed E-state index contributed by atoms with van der Waals surface area (Å²) in [5.41, 5.74) is 6.76. The summed E-state index contributed by atoms with van der Waals surface area (Å²) < 4.78 is 4.44. The first-order valence-electron chi connectivity index (χ1n) is 4.24. The topological polar surface area (TPSA) is 52.3 Å². The van der Waals surface area contributed by atoms with Gasteiger partial charge in [-0.1, -0.05) is 23.4 Å². The van der Waals surface area contributed by atoms with Gasteiger partial charge in [-0.05, 0) is 18.2 Å². The molecule has 0 amide bonds. The van der Waals surface area contributed by atoms with Gasteiger partial charge in [-0.25, -0.2) is 0 Å². The van der Waals surface area contributed by atoms with Gasteiger partial charge in [0.1, 0.15) is 6.42 Å². The van der Waals surface area contributed by atoms with Gasteiger partial charge in [-0.2, -0.15) is 0 Å². The Balaban J connectivity index is 2.72. The summed E-state index contributed by atoms with van der Waals surface area (Å²) >= 11 is 5.80. The lowest BCUT2D eigenvalue weighted by molar-refractivity contribution is -0.139. The van der Waals surface area contributed by atoms with E-state index in [4.69, 9.17) is 17.3 Å². The van der Waals surface area contributed by atoms with Gasteiger partial charge in [0.15, 0.2) is 0 Å². The minimum absolute atomic E-state index is 0.0680. The second kappa shape index (κ2) is 5.28. The smallest absolute Gasteiger partial charge is 0.317 e. The largest absolute Gasteiger partial charge is 0.468 e. The molecule has 0 saturated carbocycles. The maximum Gasteiger partial charge on any atom is 0.317 e. The molecule has 2 N–H and O–H groups in total. The summed E-state index contributed by atoms with van der Waals surface area (Å²) in [7, 11) is 1.32. The number of hydrogen-bond acceptors (Lipinski definition) is 3. The van der Waals surface area contributed by atoms with Crippen LogP contribution in [0, 0.1) is 11.8 Å². The lowest BCUT2D eigenvalue weighted by Crippen LogP contribution is -1.97. The van der Waals surface area contributed by atoms with Crippen molar-refractivity contribution in [2.24, 2.45) is 0 Å². The van der Waals surface area contributed by atoms with E-state index in [-0.39, 0.29) is 12.4 Å². The van der Waals surface area contributed by atoms with Gasteiger partial charge in [0.2, 0.25) is 0 Å². The van der Waals surface area contributed by atoms with Crippen molar-refractivity contribution in [1.82, 2.24) is 0 Å². The van der Waals surface area contributed by atoms with E-state index in [1.165, 1.54) is 7.11 Å². The summed E-state index contributed by atoms with van der Waals surface area (Å²) in [5.74, 6) is 5.10. The SMILES string of the molecule is COC(=O)CC#Cc1ccc(N)c(Cl)c1. The summed E-state index contributed by atoms with van der Waals surface area (Å²) in [6.45, 7) is 0. The molecule has 0 unspecified atom stereocenters. The van der Waals surface area contributed by atoms with Crippen molar-refractivity contribution in [2.75, 3.05) is 12.8 Å². The van der Waals surface area contributed by atoms with E-state index in [0.717, 1.165) is 5.56 Å². The van der Waals surface area contributed by atoms with Crippen LogP contribution in [-0.4, -0.2) is 13.1 Å². The number of benzene rings is 1. The van der Waals surface area contributed by atoms with Crippen molar-refractivity contribution in [2.45, 2.75) is 6.42 Å². The molecule has 0 spiro atoms. The number of anilines is 1. The second-order valence-corrected chi connectivity index (χ2v) is 3.20. The van der Waals surface area contributed by atoms with Crippen LogP contribution in [0.1, 0.15) is 12.0 Å². The van der Waals surface area contributed by atoms with Crippen LogP contribution in [0.3, 0.4) is 0 Å². The van der Waals surface area contributed by atoms with Gasteiger partial charge in [0.25, 0.3) is 0 Å². The minimum Gasteiger partial charge on any atom is -0.468 e. The highest BCUT2D eigenvalue weighted by Gasteiger charge is 1.96. The van der Waals surface area contributed by atoms with Crippen molar-refractivity contribution in [3.8, 4) is 11.8 Å². The molecular weight excluding hydrogens is 214 g/mol. The quantitative estimate of drug-likeness (QED) is 0.449. The minimum atomic E-state index is -0.357. The van der Waals surface area contributed by atoms with E-state index in [1.807, 2.05) is 0 Å². The molecule has 4 heteroatoms. The first-order valence-corrected chi connectivity index (χ1v) is 4.62. The van der Waals surface area contributed by atoms with Crippen molar-refractivity contribution in [1.29, 1.82) is 0 Å². The van der Waals surface area contributed by atoms with Crippen LogP contribution in [0.4, 0.5) is 5.69 Å². The van der Waals surface area contributed by atoms with Gasteiger partial charge >= 0.3 is 5.97 Å². The highest BCUT2D eigenvalue weighted by Crippen LogP contribution is 2.18. The Labute approximate surface area is 93.2 Å². The number of ether oxygens (including phenoxy) is 1. The Kier molecular flexibility index (Phi) is 4.02. The van der Waals surface area contributed by atoms with Crippen molar-refractivity contribution in [3.63, 3.8) is 0 Å². The summed E-state index contributed by atoms with van der Waals surface area (Å²) in [4.78, 5) is 10.8. The van der Waals surface area contributed by atoms with Gasteiger partial charge in [-0.3, -0.25) is 4.79 Å². The summed E-state index contributed by atoms with van der Waals surface area (Å²) in [6, 6.07) is 5.07. The molecule has 0 fully saturated rings. The number of rotatable bonds is 1. The van der Waals surface area contributed by atoms with E-state index < -0.39 is 0 Å². The van der Waals surface area contributed by atoms with Crippen LogP contribution >= 0.6 is 11.6 Å². The molecule has 0 bridgehead atoms. The first-order chi connectivity index (χ1) is 7.13. The highest BCUT2D eigenvalue weighted by atomic mass is 35.5. The number of methoxy groups -OCH3 is 1. The number of nitrogens with two attached hydrogens (primary N) is 1. The number of hydrogen-bond donors (Lipinski definition) is 1. The fourth-order valence-electron chi connectivity index (χ4n) is 0.895. The monoisotopic (exact) mass is 223 g/mol. The standard InChI is InChI=1S/C11H10ClNO2/c1-15-11(14)4-2-3-8-5-6-10(13)9(12)7-8/h5-7H,4,13H2,1H3. The Morgan fingerprint density at radius 2 is 2.33 bits per heavy atom. The Morgan fingerprint density at radius 1 is 1.60 bits per heavy atom. The zero-order valence-corrected chi connectivity index (χ0v) is 8.97. The van der Waals surface area contributed by atoms with Gasteiger partial charge in [0.05, 0.1) is 17.8 Å². The fourth-order valence-corrected chi connectivity index (χ4v) is 1.08. The average molecular weight is 224 g/mol. The van der Waals surface area contributed by atoms with E-state index in [9.17, 15) is 4.79 Å². The van der Waals surface area contributed by atoms with Crippen molar-refractivity contribution < 1.29 is 9.53 Å². The molecule has 15 heavy (non-hydrogen) atoms. The number of carbonyl (C=O) groups is 1. The number of esters is 1. The maximum atomic E-state index is 10.8. The van der Waals surface area contributed by atoms with E-state index in [1.54, 1.807) is 18.2 Å². The predicted molar refractivity (Wildman–Crippen MR) is 59.4 cm³/mol. The van der Waals surface area contributed by atoms with Crippen LogP contribution in [0.5, 0.6) is 0 Å². The zero-order valence-electron chi connectivity index (χ0n) is 8.21. The van der Waals surface area contributed by atoms with Gasteiger partial charge < -0.3 is 10.5 Å². The molecule has 78 valence electrons. The fraction of sp³-hybridized carbons (Fsp3) is 0.182. The normalized spacial score (nSPS) is 8.93. The lowest BCUT2D eigenvalue weighted by atomic mass is 10.2. The Hall–Kier alpha value is -1.66. The van der Waals surface area contributed by atoms with Gasteiger partial charge in [0, 0.05) is 5.56 Å². The van der Waals surface area contributed by atoms with E-state index in [2.05, 4.69) is 16.6 Å². The molecule has 1 aromatic carbocycles. The lowest BCUT2D eigenvalue weighted by Gasteiger charge is -1.96. The second-order valence-electron chi connectivity index (χ2n) is 2.79. The number of nitrogen functional groups attached to an aromatic ring is 1. The molecule has 0 aromatic heterocycles. The first kappa shape index (κ1) is 11.4. The van der Waals surface area contributed by atoms with Gasteiger partial charge in [-0.15, -0.1) is 0 Å². The summed E-state index contributed by atoms with van der Waals surface area (Å²) in [5, 5.41) is 0.458. The number of carbonyl (C=O) groups excluding carboxylic acids is 1. The summed E-state index contributed by atoms with van der Waals surface area (Å²) in [6.07, 6.45) is 0.0680. The van der Waals surface area contributed by atoms with Crippen LogP contribution in [-0.2, 0) is 9.53 Å². The van der Waals surface area contributed by atoms with E-state index >= 15 is 0 Å². The van der Waals surface area contributed by atoms with Crippen molar-refractivity contribution in [3.05, 3.63) is 28.8 Å². The van der Waals surface area contributed by atoms with Crippen LogP contribution in [0.15, 0.2) is 18.2 Å². The molecular formula is C11H10ClNO2. The molecule has 1 aromatic rings. The third-order valence-corrected chi connectivity index (χ3v) is 2.02. The third kappa shape index (κ3) is 3.53. The molecule has 3 nitrogen and oxygen atoms in total. The molecule has 0 radical (unpaired) electrons. The molecule has 0 aliphatic carbocycles. The predicted octanol–water partition coefficient (Wildman–Crippen LogP) is 1.84. The molecule has 0 heterocycles. The average Bonchev–Trinajstić information content (AvgIpc) is 2.23. The molecule has 1 rings (SSSR count). The zero-order chi connectivity index (χ0) is 11.3. The van der Waals surface area contributed by atoms with Crippen LogP contribution in [0.25, 0.3) is 0 Å². The van der Waals surface area contributed by atoms with Crippen LogP contribution < -0.4 is 5.73 Å². The molecule has 0 atom stereocenters. The Morgan fingerprint density at radius 3 is 2.93 bits per heavy atom. The number of halogens is 1. The maximum absolute atomic E-state index is 10.8. The highest BCUT2D eigenvalue weighted by molar-refractivity contribution is 6.33. The molecule has 0 aliphatic rings. The Bertz CT molecular complexity index is 432. The van der Waals surface area contributed by atoms with Crippen molar-refractivity contribution >= 4 is 23.3 Å². The van der Waals surface area contributed by atoms with Crippen LogP contribution in [0.2, 0.25) is 5.02 Å². The van der Waals surface area contributed by atoms with E-state index in [0.29, 0.717) is 10.7 Å². The molecule has 0 aliphatic heterocycles. The third-order valence-electron chi connectivity index (χ3n) is 1.69.